The second-order valence-corrected chi connectivity index (χ2v) is 8.12. The van der Waals surface area contributed by atoms with Crippen LogP contribution in [0.2, 0.25) is 0 Å². The lowest BCUT2D eigenvalue weighted by Gasteiger charge is -2.08. The van der Waals surface area contributed by atoms with Gasteiger partial charge in [-0.05, 0) is 36.8 Å². The number of sulfonamides is 1. The molecule has 0 spiro atoms. The second-order valence-electron chi connectivity index (χ2n) is 6.35. The number of hydrogen-bond donors (Lipinski definition) is 2. The fourth-order valence-electron chi connectivity index (χ4n) is 2.78. The van der Waals surface area contributed by atoms with Crippen LogP contribution in [0.4, 0.5) is 8.78 Å². The number of carbonyl (C=O) groups excluding carboxylic acids is 1. The summed E-state index contributed by atoms with van der Waals surface area (Å²) in [4.78, 5) is 15.8. The van der Waals surface area contributed by atoms with E-state index in [0.29, 0.717) is 25.6 Å². The summed E-state index contributed by atoms with van der Waals surface area (Å²) >= 11 is 0. The summed E-state index contributed by atoms with van der Waals surface area (Å²) in [6, 6.07) is 10.0. The minimum absolute atomic E-state index is 0.0725. The highest BCUT2D eigenvalue weighted by Gasteiger charge is 2.16. The molecule has 0 aliphatic carbocycles. The van der Waals surface area contributed by atoms with Crippen LogP contribution in [0.25, 0.3) is 11.0 Å². The Hall–Kier alpha value is -2.85. The van der Waals surface area contributed by atoms with Crippen molar-refractivity contribution in [3.63, 3.8) is 0 Å². The van der Waals surface area contributed by atoms with Crippen LogP contribution in [0.5, 0.6) is 0 Å². The Balaban J connectivity index is 1.39. The maximum absolute atomic E-state index is 13.2. The first kappa shape index (κ1) is 20.9. The molecule has 7 nitrogen and oxygen atoms in total. The molecule has 0 radical (unpaired) electrons. The van der Waals surface area contributed by atoms with Gasteiger partial charge in [0.1, 0.15) is 0 Å². The summed E-state index contributed by atoms with van der Waals surface area (Å²) in [6.07, 6.45) is 2.36. The summed E-state index contributed by atoms with van der Waals surface area (Å²) in [6.45, 7) is 0.962. The number of rotatable bonds is 9. The average Bonchev–Trinajstić information content (AvgIpc) is 3.10. The lowest BCUT2D eigenvalue weighted by Crippen LogP contribution is -2.31. The average molecular weight is 422 g/mol. The van der Waals surface area contributed by atoms with Gasteiger partial charge in [0, 0.05) is 26.1 Å². The van der Waals surface area contributed by atoms with Crippen molar-refractivity contribution in [3.8, 4) is 0 Å². The van der Waals surface area contributed by atoms with Gasteiger partial charge in [-0.3, -0.25) is 4.79 Å². The first-order valence-corrected chi connectivity index (χ1v) is 10.5. The molecule has 0 saturated carbocycles. The Labute approximate surface area is 166 Å². The van der Waals surface area contributed by atoms with Crippen molar-refractivity contribution < 1.29 is 22.0 Å². The van der Waals surface area contributed by atoms with E-state index in [1.807, 2.05) is 28.8 Å². The normalized spacial score (nSPS) is 11.7. The Morgan fingerprint density at radius 1 is 1.07 bits per heavy atom. The Kier molecular flexibility index (Phi) is 6.55. The zero-order chi connectivity index (χ0) is 20.9. The van der Waals surface area contributed by atoms with Gasteiger partial charge in [0.15, 0.2) is 11.6 Å². The lowest BCUT2D eigenvalue weighted by molar-refractivity contribution is -0.120. The maximum atomic E-state index is 13.2. The number of aryl methyl sites for hydroxylation is 1. The molecule has 0 aliphatic rings. The van der Waals surface area contributed by atoms with E-state index in [-0.39, 0.29) is 18.9 Å². The van der Waals surface area contributed by atoms with Gasteiger partial charge < -0.3 is 9.88 Å². The minimum Gasteiger partial charge on any atom is -0.356 e. The molecule has 1 aromatic heterocycles. The highest BCUT2D eigenvalue weighted by Crippen LogP contribution is 2.14. The Morgan fingerprint density at radius 2 is 1.86 bits per heavy atom. The molecule has 2 N–H and O–H groups in total. The van der Waals surface area contributed by atoms with E-state index >= 15 is 0 Å². The molecule has 0 bridgehead atoms. The largest absolute Gasteiger partial charge is 0.356 e. The van der Waals surface area contributed by atoms with Crippen LogP contribution in [0.3, 0.4) is 0 Å². The van der Waals surface area contributed by atoms with E-state index in [2.05, 4.69) is 15.0 Å². The molecule has 29 heavy (non-hydrogen) atoms. The van der Waals surface area contributed by atoms with Crippen LogP contribution in [0.15, 0.2) is 53.7 Å². The van der Waals surface area contributed by atoms with E-state index in [0.717, 1.165) is 23.2 Å². The lowest BCUT2D eigenvalue weighted by atomic mass is 10.3. The van der Waals surface area contributed by atoms with Gasteiger partial charge in [0.05, 0.1) is 22.3 Å². The quantitative estimate of drug-likeness (QED) is 0.517. The van der Waals surface area contributed by atoms with Crippen LogP contribution < -0.4 is 10.0 Å². The number of aromatic nitrogens is 2. The predicted octanol–water partition coefficient (Wildman–Crippen LogP) is 2.19. The molecule has 1 amide bonds. The Bertz CT molecular complexity index is 1120. The van der Waals surface area contributed by atoms with E-state index in [1.165, 1.54) is 0 Å². The monoisotopic (exact) mass is 422 g/mol. The highest BCUT2D eigenvalue weighted by atomic mass is 32.2. The van der Waals surface area contributed by atoms with E-state index in [9.17, 15) is 22.0 Å². The van der Waals surface area contributed by atoms with Crippen LogP contribution in [0, 0.1) is 11.6 Å². The van der Waals surface area contributed by atoms with Gasteiger partial charge >= 0.3 is 0 Å². The number of hydrogen-bond acceptors (Lipinski definition) is 4. The number of para-hydroxylation sites is 2. The number of benzene rings is 2. The van der Waals surface area contributed by atoms with E-state index < -0.39 is 26.6 Å². The molecule has 2 aromatic carbocycles. The fourth-order valence-corrected chi connectivity index (χ4v) is 3.82. The highest BCUT2D eigenvalue weighted by molar-refractivity contribution is 7.89. The molecule has 0 unspecified atom stereocenters. The summed E-state index contributed by atoms with van der Waals surface area (Å²) < 4.78 is 54.4. The SMILES string of the molecule is O=C(CCNS(=O)(=O)c1ccc(F)c(F)c1)NCCCn1cnc2ccccc21. The summed E-state index contributed by atoms with van der Waals surface area (Å²) in [5, 5.41) is 2.72. The third-order valence-electron chi connectivity index (χ3n) is 4.27. The topological polar surface area (TPSA) is 93.1 Å². The van der Waals surface area contributed by atoms with Gasteiger partial charge in [-0.2, -0.15) is 0 Å². The molecule has 154 valence electrons. The maximum Gasteiger partial charge on any atom is 0.240 e. The predicted molar refractivity (Wildman–Crippen MR) is 104 cm³/mol. The number of amides is 1. The summed E-state index contributed by atoms with van der Waals surface area (Å²) in [5.41, 5.74) is 1.93. The molecule has 3 rings (SSSR count). The number of nitrogens with one attached hydrogen (secondary N) is 2. The van der Waals surface area contributed by atoms with Crippen molar-refractivity contribution in [2.24, 2.45) is 0 Å². The van der Waals surface area contributed by atoms with Crippen LogP contribution in [-0.4, -0.2) is 37.0 Å². The van der Waals surface area contributed by atoms with Crippen molar-refractivity contribution in [3.05, 3.63) is 60.4 Å². The third kappa shape index (κ3) is 5.36. The van der Waals surface area contributed by atoms with Gasteiger partial charge in [0.2, 0.25) is 15.9 Å². The molecule has 10 heteroatoms. The van der Waals surface area contributed by atoms with Crippen molar-refractivity contribution >= 4 is 27.0 Å². The number of halogens is 2. The molecular weight excluding hydrogens is 402 g/mol. The summed E-state index contributed by atoms with van der Waals surface area (Å²) in [5.74, 6) is -2.70. The standard InChI is InChI=1S/C19H20F2N4O3S/c20-15-7-6-14(12-16(15)21)29(27,28)24-10-8-19(26)22-9-3-11-25-13-23-17-4-1-2-5-18(17)25/h1-2,4-7,12-13,24H,3,8-11H2,(H,22,26). The number of fused-ring (bicyclic) bond motifs is 1. The molecule has 1 heterocycles. The molecule has 0 aliphatic heterocycles. The number of imidazole rings is 1. The molecule has 0 saturated heterocycles. The smallest absolute Gasteiger partial charge is 0.240 e. The molecule has 3 aromatic rings. The zero-order valence-corrected chi connectivity index (χ0v) is 16.3. The zero-order valence-electron chi connectivity index (χ0n) is 15.4. The second kappa shape index (κ2) is 9.10. The third-order valence-corrected chi connectivity index (χ3v) is 5.73. The van der Waals surface area contributed by atoms with Crippen molar-refractivity contribution in [2.45, 2.75) is 24.3 Å². The van der Waals surface area contributed by atoms with Crippen LogP contribution >= 0.6 is 0 Å². The van der Waals surface area contributed by atoms with E-state index in [4.69, 9.17) is 0 Å². The first-order chi connectivity index (χ1) is 13.9. The minimum atomic E-state index is -4.02. The van der Waals surface area contributed by atoms with Gasteiger partial charge in [-0.15, -0.1) is 0 Å². The Morgan fingerprint density at radius 3 is 2.66 bits per heavy atom. The first-order valence-electron chi connectivity index (χ1n) is 8.98. The van der Waals surface area contributed by atoms with Crippen molar-refractivity contribution in [1.82, 2.24) is 19.6 Å². The van der Waals surface area contributed by atoms with Gasteiger partial charge in [0.25, 0.3) is 0 Å². The van der Waals surface area contributed by atoms with Crippen molar-refractivity contribution in [2.75, 3.05) is 13.1 Å². The van der Waals surface area contributed by atoms with E-state index in [1.54, 1.807) is 6.33 Å². The molecular formula is C19H20F2N4O3S. The number of carbonyl (C=O) groups is 1. The molecule has 0 atom stereocenters. The van der Waals surface area contributed by atoms with Crippen LogP contribution in [-0.2, 0) is 21.4 Å². The van der Waals surface area contributed by atoms with Crippen molar-refractivity contribution in [1.29, 1.82) is 0 Å². The molecule has 0 fully saturated rings. The van der Waals surface area contributed by atoms with Crippen LogP contribution in [0.1, 0.15) is 12.8 Å². The fraction of sp³-hybridized carbons (Fsp3) is 0.263. The van der Waals surface area contributed by atoms with Gasteiger partial charge in [-0.1, -0.05) is 12.1 Å². The summed E-state index contributed by atoms with van der Waals surface area (Å²) in [7, 11) is -4.02. The van der Waals surface area contributed by atoms with Gasteiger partial charge in [-0.25, -0.2) is 26.9 Å². The number of nitrogens with zero attached hydrogens (tertiary/aromatic N) is 2.